The molecule has 10 nitrogen and oxygen atoms in total. The normalized spacial score (nSPS) is 14.5. The van der Waals surface area contributed by atoms with Crippen molar-refractivity contribution >= 4 is 0 Å². The second kappa shape index (κ2) is 9.49. The van der Waals surface area contributed by atoms with E-state index >= 15 is 0 Å². The number of benzene rings is 1. The molecular weight excluding hydrogens is 370 g/mol. The fraction of sp³-hybridized carbons (Fsp3) is 0.500. The number of nitrogens with zero attached hydrogens (tertiary/aromatic N) is 3. The van der Waals surface area contributed by atoms with Gasteiger partial charge in [0.1, 0.15) is 18.5 Å². The topological polar surface area (TPSA) is 136 Å². The number of aliphatic hydroxyl groups excluding tert-OH is 3. The molecule has 1 aromatic heterocycles. The first kappa shape index (κ1) is 21.6. The summed E-state index contributed by atoms with van der Waals surface area (Å²) in [7, 11) is 0. The van der Waals surface area contributed by atoms with E-state index in [2.05, 4.69) is 0 Å². The van der Waals surface area contributed by atoms with E-state index in [0.717, 1.165) is 0 Å². The van der Waals surface area contributed by atoms with E-state index in [1.54, 1.807) is 30.3 Å². The van der Waals surface area contributed by atoms with Gasteiger partial charge in [0.2, 0.25) is 0 Å². The highest BCUT2D eigenvalue weighted by molar-refractivity contribution is 5.20. The number of hydrogen-bond donors (Lipinski definition) is 3. The van der Waals surface area contributed by atoms with Crippen LogP contribution in [0.2, 0.25) is 0 Å². The van der Waals surface area contributed by atoms with Crippen molar-refractivity contribution in [2.75, 3.05) is 6.61 Å². The highest BCUT2D eigenvalue weighted by Gasteiger charge is 2.19. The lowest BCUT2D eigenvalue weighted by molar-refractivity contribution is 0.0872. The van der Waals surface area contributed by atoms with Gasteiger partial charge in [0, 0.05) is 0 Å². The summed E-state index contributed by atoms with van der Waals surface area (Å²) in [6, 6.07) is 8.70. The molecule has 3 atom stereocenters. The molecule has 28 heavy (non-hydrogen) atoms. The number of ether oxygens (including phenoxy) is 1. The van der Waals surface area contributed by atoms with Crippen LogP contribution in [0.4, 0.5) is 0 Å². The second-order valence-electron chi connectivity index (χ2n) is 6.66. The molecule has 10 heteroatoms. The molecule has 0 saturated heterocycles. The predicted molar refractivity (Wildman–Crippen MR) is 101 cm³/mol. The smallest absolute Gasteiger partial charge is 0.336 e. The third kappa shape index (κ3) is 5.41. The van der Waals surface area contributed by atoms with Gasteiger partial charge in [-0.25, -0.2) is 28.1 Å². The molecule has 3 unspecified atom stereocenters. The Morgan fingerprint density at radius 2 is 1.21 bits per heavy atom. The molecular formula is C18H25N3O7. The van der Waals surface area contributed by atoms with Crippen LogP contribution in [-0.2, 0) is 19.6 Å². The summed E-state index contributed by atoms with van der Waals surface area (Å²) in [5.74, 6) is 0.513. The highest BCUT2D eigenvalue weighted by atomic mass is 16.5. The first-order chi connectivity index (χ1) is 13.2. The van der Waals surface area contributed by atoms with E-state index in [1.165, 1.54) is 13.8 Å². The molecule has 2 aromatic rings. The van der Waals surface area contributed by atoms with Crippen molar-refractivity contribution in [3.63, 3.8) is 0 Å². The van der Waals surface area contributed by atoms with Crippen LogP contribution in [0.5, 0.6) is 5.75 Å². The Kier molecular flexibility index (Phi) is 7.32. The second-order valence-corrected chi connectivity index (χ2v) is 6.66. The molecule has 0 bridgehead atoms. The predicted octanol–water partition coefficient (Wildman–Crippen LogP) is -1.63. The number of aliphatic hydroxyl groups is 3. The Hall–Kier alpha value is -2.69. The van der Waals surface area contributed by atoms with Crippen LogP contribution < -0.4 is 21.8 Å². The van der Waals surface area contributed by atoms with Crippen molar-refractivity contribution < 1.29 is 20.1 Å². The zero-order valence-electron chi connectivity index (χ0n) is 15.8. The van der Waals surface area contributed by atoms with Crippen molar-refractivity contribution in [1.29, 1.82) is 0 Å². The van der Waals surface area contributed by atoms with E-state index in [0.29, 0.717) is 19.5 Å². The zero-order chi connectivity index (χ0) is 20.8. The zero-order valence-corrected chi connectivity index (χ0v) is 15.8. The Bertz CT molecular complexity index is 896. The summed E-state index contributed by atoms with van der Waals surface area (Å²) in [6.07, 6.45) is -3.23. The van der Waals surface area contributed by atoms with Crippen molar-refractivity contribution in [3.05, 3.63) is 61.8 Å². The fourth-order valence-electron chi connectivity index (χ4n) is 2.65. The van der Waals surface area contributed by atoms with Gasteiger partial charge >= 0.3 is 17.1 Å². The van der Waals surface area contributed by atoms with Crippen LogP contribution in [-0.4, -0.2) is 53.9 Å². The van der Waals surface area contributed by atoms with Gasteiger partial charge in [0.15, 0.2) is 0 Å². The van der Waals surface area contributed by atoms with E-state index in [4.69, 9.17) is 4.74 Å². The third-order valence-corrected chi connectivity index (χ3v) is 3.86. The molecule has 1 aromatic carbocycles. The summed E-state index contributed by atoms with van der Waals surface area (Å²) in [5.41, 5.74) is -2.82. The van der Waals surface area contributed by atoms with Gasteiger partial charge in [-0.05, 0) is 26.0 Å². The van der Waals surface area contributed by atoms with Crippen molar-refractivity contribution in [2.24, 2.45) is 0 Å². The maximum absolute atomic E-state index is 12.6. The summed E-state index contributed by atoms with van der Waals surface area (Å²) < 4.78 is 7.53. The lowest BCUT2D eigenvalue weighted by Crippen LogP contribution is -2.57. The van der Waals surface area contributed by atoms with Gasteiger partial charge in [0.25, 0.3) is 0 Å². The van der Waals surface area contributed by atoms with E-state index in [9.17, 15) is 29.7 Å². The van der Waals surface area contributed by atoms with Crippen LogP contribution >= 0.6 is 0 Å². The number of hydrogen-bond acceptors (Lipinski definition) is 7. The molecule has 3 N–H and O–H groups in total. The minimum atomic E-state index is -1.21. The molecule has 0 aliphatic carbocycles. The average Bonchev–Trinajstić information content (AvgIpc) is 2.64. The number of para-hydroxylation sites is 1. The lowest BCUT2D eigenvalue weighted by atomic mass is 10.3. The first-order valence-corrected chi connectivity index (χ1v) is 8.87. The minimum absolute atomic E-state index is 0.179. The number of aromatic nitrogens is 3. The standard InChI is InChI=1S/C18H25N3O7/c1-12(22)8-19-16(25)20(9-13(2)23)18(27)21(17(19)26)10-14(24)11-28-15-6-4-3-5-7-15/h3-7,12-14,22-24H,8-11H2,1-2H3. The molecule has 0 fully saturated rings. The molecule has 0 amide bonds. The summed E-state index contributed by atoms with van der Waals surface area (Å²) in [5, 5.41) is 29.3. The van der Waals surface area contributed by atoms with Crippen molar-refractivity contribution in [1.82, 2.24) is 13.7 Å². The van der Waals surface area contributed by atoms with E-state index in [1.807, 2.05) is 0 Å². The quantitative estimate of drug-likeness (QED) is 0.464. The number of rotatable bonds is 9. The van der Waals surface area contributed by atoms with E-state index in [-0.39, 0.29) is 19.7 Å². The van der Waals surface area contributed by atoms with Crippen LogP contribution in [0.3, 0.4) is 0 Å². The van der Waals surface area contributed by atoms with Crippen LogP contribution in [0.15, 0.2) is 44.7 Å². The molecule has 154 valence electrons. The monoisotopic (exact) mass is 395 g/mol. The van der Waals surface area contributed by atoms with E-state index < -0.39 is 41.9 Å². The van der Waals surface area contributed by atoms with Crippen LogP contribution in [0, 0.1) is 0 Å². The Labute approximate surface area is 160 Å². The Morgan fingerprint density at radius 1 is 0.786 bits per heavy atom. The van der Waals surface area contributed by atoms with Crippen molar-refractivity contribution in [3.8, 4) is 5.75 Å². The molecule has 1 heterocycles. The molecule has 0 radical (unpaired) electrons. The summed E-state index contributed by atoms with van der Waals surface area (Å²) in [4.78, 5) is 37.6. The van der Waals surface area contributed by atoms with Gasteiger partial charge in [-0.3, -0.25) is 0 Å². The summed E-state index contributed by atoms with van der Waals surface area (Å²) in [6.45, 7) is 1.54. The molecule has 0 spiro atoms. The molecule has 0 aliphatic heterocycles. The molecule has 0 saturated carbocycles. The van der Waals surface area contributed by atoms with Gasteiger partial charge in [0.05, 0.1) is 31.8 Å². The van der Waals surface area contributed by atoms with Gasteiger partial charge < -0.3 is 20.1 Å². The lowest BCUT2D eigenvalue weighted by Gasteiger charge is -2.18. The largest absolute Gasteiger partial charge is 0.491 e. The Morgan fingerprint density at radius 3 is 1.64 bits per heavy atom. The Balaban J connectivity index is 2.34. The molecule has 0 aliphatic rings. The van der Waals surface area contributed by atoms with Gasteiger partial charge in [-0.1, -0.05) is 18.2 Å². The average molecular weight is 395 g/mol. The maximum Gasteiger partial charge on any atom is 0.336 e. The minimum Gasteiger partial charge on any atom is -0.491 e. The fourth-order valence-corrected chi connectivity index (χ4v) is 2.65. The third-order valence-electron chi connectivity index (χ3n) is 3.86. The SMILES string of the molecule is CC(O)Cn1c(=O)n(CC(C)O)c(=O)n(CC(O)COc2ccccc2)c1=O. The summed E-state index contributed by atoms with van der Waals surface area (Å²) >= 11 is 0. The van der Waals surface area contributed by atoms with Gasteiger partial charge in [-0.2, -0.15) is 0 Å². The van der Waals surface area contributed by atoms with Crippen LogP contribution in [0.1, 0.15) is 13.8 Å². The maximum atomic E-state index is 12.6. The molecule has 2 rings (SSSR count). The highest BCUT2D eigenvalue weighted by Crippen LogP contribution is 2.08. The first-order valence-electron chi connectivity index (χ1n) is 8.87. The van der Waals surface area contributed by atoms with Gasteiger partial charge in [-0.15, -0.1) is 0 Å². The van der Waals surface area contributed by atoms with Crippen molar-refractivity contribution in [2.45, 2.75) is 51.8 Å². The van der Waals surface area contributed by atoms with Crippen LogP contribution in [0.25, 0.3) is 0 Å².